The fourth-order valence-corrected chi connectivity index (χ4v) is 5.92. The standard InChI is InChI=1S/C31H38N2O7/c1-20(23-6-8-26-24(17-23)11-13-39-26)32(18-21-3-5-25(15-21)31(36)37)19-22-4-7-27(28(16-22)38-2)40-14-12-33-29(34)9-10-30(33)35/h4,6-10,16-17,20-21,25,34-35H,3,5,11-15,18-19H2,1-2H3,(H,36,37). The highest BCUT2D eigenvalue weighted by molar-refractivity contribution is 5.70. The first-order valence-electron chi connectivity index (χ1n) is 13.9. The van der Waals surface area contributed by atoms with Crippen LogP contribution in [0.2, 0.25) is 0 Å². The summed E-state index contributed by atoms with van der Waals surface area (Å²) in [5.74, 6) is 1.48. The molecule has 5 rings (SSSR count). The summed E-state index contributed by atoms with van der Waals surface area (Å²) in [4.78, 5) is 14.0. The van der Waals surface area contributed by atoms with Crippen LogP contribution in [0.4, 0.5) is 0 Å². The summed E-state index contributed by atoms with van der Waals surface area (Å²) >= 11 is 0. The van der Waals surface area contributed by atoms with Crippen molar-refractivity contribution in [3.8, 4) is 29.0 Å². The summed E-state index contributed by atoms with van der Waals surface area (Å²) in [7, 11) is 1.60. The van der Waals surface area contributed by atoms with Crippen LogP contribution in [0.3, 0.4) is 0 Å². The lowest BCUT2D eigenvalue weighted by molar-refractivity contribution is -0.141. The number of methoxy groups -OCH3 is 1. The molecule has 1 saturated carbocycles. The number of fused-ring (bicyclic) bond motifs is 1. The molecule has 1 aliphatic carbocycles. The third-order valence-corrected chi connectivity index (χ3v) is 8.25. The average molecular weight is 551 g/mol. The number of aromatic nitrogens is 1. The Bertz CT molecular complexity index is 1320. The Morgan fingerprint density at radius 3 is 2.62 bits per heavy atom. The number of rotatable bonds is 12. The second-order valence-electron chi connectivity index (χ2n) is 10.8. The number of aliphatic carboxylic acids is 1. The third-order valence-electron chi connectivity index (χ3n) is 8.25. The molecule has 40 heavy (non-hydrogen) atoms. The van der Waals surface area contributed by atoms with Gasteiger partial charge in [-0.15, -0.1) is 0 Å². The lowest BCUT2D eigenvalue weighted by Crippen LogP contribution is -2.31. The first kappa shape index (κ1) is 27.7. The zero-order valence-corrected chi connectivity index (χ0v) is 23.1. The van der Waals surface area contributed by atoms with E-state index >= 15 is 0 Å². The van der Waals surface area contributed by atoms with Gasteiger partial charge in [-0.25, -0.2) is 0 Å². The zero-order valence-electron chi connectivity index (χ0n) is 23.1. The molecule has 0 bridgehead atoms. The van der Waals surface area contributed by atoms with Gasteiger partial charge in [0.15, 0.2) is 23.3 Å². The summed E-state index contributed by atoms with van der Waals surface area (Å²) in [6.07, 6.45) is 3.28. The van der Waals surface area contributed by atoms with Crippen molar-refractivity contribution in [3.63, 3.8) is 0 Å². The molecule has 1 fully saturated rings. The largest absolute Gasteiger partial charge is 0.494 e. The Morgan fingerprint density at radius 1 is 1.10 bits per heavy atom. The molecule has 2 aromatic carbocycles. The van der Waals surface area contributed by atoms with Crippen molar-refractivity contribution in [2.45, 2.75) is 51.7 Å². The van der Waals surface area contributed by atoms with Gasteiger partial charge in [-0.3, -0.25) is 14.3 Å². The lowest BCUT2D eigenvalue weighted by Gasteiger charge is -2.32. The SMILES string of the molecule is COc1cc(CN(CC2CCC(C(=O)O)C2)C(C)c2ccc3c(c2)CCO3)ccc1OCCn1c(O)ccc1O. The van der Waals surface area contributed by atoms with Crippen molar-refractivity contribution in [2.24, 2.45) is 11.8 Å². The van der Waals surface area contributed by atoms with Gasteiger partial charge in [-0.1, -0.05) is 18.2 Å². The van der Waals surface area contributed by atoms with E-state index in [2.05, 4.69) is 30.0 Å². The number of carboxylic acid groups (broad SMARTS) is 1. The zero-order chi connectivity index (χ0) is 28.2. The van der Waals surface area contributed by atoms with E-state index < -0.39 is 5.97 Å². The van der Waals surface area contributed by atoms with E-state index in [0.717, 1.165) is 43.7 Å². The maximum Gasteiger partial charge on any atom is 0.306 e. The van der Waals surface area contributed by atoms with Crippen molar-refractivity contribution in [2.75, 3.05) is 26.9 Å². The molecule has 9 nitrogen and oxygen atoms in total. The van der Waals surface area contributed by atoms with Crippen molar-refractivity contribution in [3.05, 3.63) is 65.2 Å². The van der Waals surface area contributed by atoms with Crippen LogP contribution in [0, 0.1) is 11.8 Å². The molecule has 3 unspecified atom stereocenters. The van der Waals surface area contributed by atoms with Crippen LogP contribution >= 0.6 is 0 Å². The first-order valence-corrected chi connectivity index (χ1v) is 13.9. The summed E-state index contributed by atoms with van der Waals surface area (Å²) < 4.78 is 18.6. The Labute approximate surface area is 234 Å². The lowest BCUT2D eigenvalue weighted by atomic mass is 9.99. The van der Waals surface area contributed by atoms with Gasteiger partial charge in [0.2, 0.25) is 0 Å². The first-order chi connectivity index (χ1) is 19.3. The molecule has 2 heterocycles. The van der Waals surface area contributed by atoms with Crippen molar-refractivity contribution >= 4 is 5.97 Å². The van der Waals surface area contributed by atoms with Gasteiger partial charge in [0.05, 0.1) is 26.2 Å². The normalized spacial score (nSPS) is 18.9. The minimum absolute atomic E-state index is 0.0227. The highest BCUT2D eigenvalue weighted by Crippen LogP contribution is 2.37. The average Bonchev–Trinajstić information content (AvgIpc) is 3.69. The summed E-state index contributed by atoms with van der Waals surface area (Å²) in [6.45, 7) is 4.93. The van der Waals surface area contributed by atoms with E-state index in [0.29, 0.717) is 30.4 Å². The van der Waals surface area contributed by atoms with Gasteiger partial charge in [0.25, 0.3) is 0 Å². The molecular formula is C31H38N2O7. The Balaban J connectivity index is 1.31. The quantitative estimate of drug-likeness (QED) is 0.289. The molecule has 0 saturated heterocycles. The number of ether oxygens (including phenoxy) is 3. The molecule has 0 spiro atoms. The van der Waals surface area contributed by atoms with Gasteiger partial charge >= 0.3 is 5.97 Å². The van der Waals surface area contributed by atoms with E-state index in [4.69, 9.17) is 14.2 Å². The van der Waals surface area contributed by atoms with Crippen LogP contribution in [-0.2, 0) is 24.3 Å². The fourth-order valence-electron chi connectivity index (χ4n) is 5.92. The monoisotopic (exact) mass is 550 g/mol. The summed E-state index contributed by atoms with van der Waals surface area (Å²) in [6, 6.07) is 15.3. The molecule has 9 heteroatoms. The molecule has 2 aliphatic rings. The molecule has 1 aromatic heterocycles. The van der Waals surface area contributed by atoms with Gasteiger partial charge in [0.1, 0.15) is 12.4 Å². The fraction of sp³-hybridized carbons (Fsp3) is 0.452. The van der Waals surface area contributed by atoms with Crippen LogP contribution in [0.25, 0.3) is 0 Å². The molecule has 3 aromatic rings. The number of nitrogens with zero attached hydrogens (tertiary/aromatic N) is 2. The van der Waals surface area contributed by atoms with E-state index in [1.165, 1.54) is 27.8 Å². The van der Waals surface area contributed by atoms with Crippen LogP contribution in [0.5, 0.6) is 29.0 Å². The van der Waals surface area contributed by atoms with Crippen LogP contribution in [0.1, 0.15) is 48.9 Å². The highest BCUT2D eigenvalue weighted by atomic mass is 16.5. The molecular weight excluding hydrogens is 512 g/mol. The minimum atomic E-state index is -0.691. The second-order valence-corrected chi connectivity index (χ2v) is 10.8. The summed E-state index contributed by atoms with van der Waals surface area (Å²) in [5, 5.41) is 29.2. The number of hydrogen-bond donors (Lipinski definition) is 3. The predicted octanol–water partition coefficient (Wildman–Crippen LogP) is 4.99. The second kappa shape index (κ2) is 12.1. The molecule has 0 radical (unpaired) electrons. The maximum atomic E-state index is 11.6. The minimum Gasteiger partial charge on any atom is -0.494 e. The van der Waals surface area contributed by atoms with E-state index in [-0.39, 0.29) is 36.9 Å². The molecule has 3 N–H and O–H groups in total. The van der Waals surface area contributed by atoms with Crippen LogP contribution in [-0.4, -0.2) is 57.6 Å². The topological polar surface area (TPSA) is 114 Å². The van der Waals surface area contributed by atoms with Crippen LogP contribution in [0.15, 0.2) is 48.5 Å². The molecule has 3 atom stereocenters. The third kappa shape index (κ3) is 6.14. The Morgan fingerprint density at radius 2 is 1.90 bits per heavy atom. The van der Waals surface area contributed by atoms with Gasteiger partial charge in [0, 0.05) is 37.7 Å². The van der Waals surface area contributed by atoms with Crippen molar-refractivity contribution in [1.29, 1.82) is 0 Å². The van der Waals surface area contributed by atoms with E-state index in [1.807, 2.05) is 18.2 Å². The maximum absolute atomic E-state index is 11.6. The predicted molar refractivity (Wildman–Crippen MR) is 149 cm³/mol. The Kier molecular flexibility index (Phi) is 8.40. The molecule has 1 aliphatic heterocycles. The van der Waals surface area contributed by atoms with Gasteiger partial charge in [-0.05, 0) is 67.0 Å². The van der Waals surface area contributed by atoms with Crippen LogP contribution < -0.4 is 14.2 Å². The Hall–Kier alpha value is -3.85. The van der Waals surface area contributed by atoms with Gasteiger partial charge in [-0.2, -0.15) is 0 Å². The van der Waals surface area contributed by atoms with Gasteiger partial charge < -0.3 is 29.5 Å². The van der Waals surface area contributed by atoms with Crippen molar-refractivity contribution < 1.29 is 34.3 Å². The number of carboxylic acids is 1. The van der Waals surface area contributed by atoms with Crippen molar-refractivity contribution in [1.82, 2.24) is 9.47 Å². The number of carbonyl (C=O) groups is 1. The number of aromatic hydroxyl groups is 2. The molecule has 0 amide bonds. The smallest absolute Gasteiger partial charge is 0.306 e. The number of hydrogen-bond acceptors (Lipinski definition) is 7. The van der Waals surface area contributed by atoms with E-state index in [1.54, 1.807) is 7.11 Å². The van der Waals surface area contributed by atoms with E-state index in [9.17, 15) is 20.1 Å². The summed E-state index contributed by atoms with van der Waals surface area (Å²) in [5.41, 5.74) is 3.52. The highest BCUT2D eigenvalue weighted by Gasteiger charge is 2.32. The number of benzene rings is 2. The molecule has 214 valence electrons.